The van der Waals surface area contributed by atoms with Crippen LogP contribution in [0.4, 0.5) is 0 Å². The van der Waals surface area contributed by atoms with E-state index >= 15 is 0 Å². The van der Waals surface area contributed by atoms with Gasteiger partial charge in [0, 0.05) is 36.5 Å². The molecule has 5 amide bonds. The number of hydrogen-bond donors (Lipinski definition) is 9. The maximum Gasteiger partial charge on any atom is 0.323 e. The molecule has 0 radical (unpaired) electrons. The van der Waals surface area contributed by atoms with E-state index in [2.05, 4.69) is 31.2 Å². The minimum absolute atomic E-state index is 0.0663. The third-order valence-electron chi connectivity index (χ3n) is 9.71. The minimum atomic E-state index is -1.71. The summed E-state index contributed by atoms with van der Waals surface area (Å²) in [7, 11) is 0. The first kappa shape index (κ1) is 43.0. The normalized spacial score (nSPS) is 24.3. The molecule has 19 nitrogen and oxygen atoms in total. The SMILES string of the molecule is CC(C)CC1NC(=O)C(C(C)C)NC(=O)C2CC(OC(=O)C(N)CCCN=C(N)N)CN2C(=O)C(CC(=O)O)NC(=O)C(Cc2c[nH]c3ccccc23)NC1=O. The lowest BCUT2D eigenvalue weighted by Crippen LogP contribution is -2.59. The van der Waals surface area contributed by atoms with Crippen molar-refractivity contribution in [1.82, 2.24) is 31.2 Å². The van der Waals surface area contributed by atoms with Gasteiger partial charge in [-0.2, -0.15) is 0 Å². The summed E-state index contributed by atoms with van der Waals surface area (Å²) >= 11 is 0. The van der Waals surface area contributed by atoms with Gasteiger partial charge in [-0.1, -0.05) is 45.9 Å². The van der Waals surface area contributed by atoms with E-state index in [1.165, 1.54) is 0 Å². The zero-order valence-corrected chi connectivity index (χ0v) is 32.1. The molecule has 2 aromatic rings. The van der Waals surface area contributed by atoms with E-state index in [-0.39, 0.29) is 50.7 Å². The quantitative estimate of drug-likeness (QED) is 0.0498. The van der Waals surface area contributed by atoms with E-state index in [0.29, 0.717) is 12.0 Å². The third kappa shape index (κ3) is 11.4. The number of nitrogens with one attached hydrogen (secondary N) is 5. The molecule has 0 aliphatic carbocycles. The molecule has 0 bridgehead atoms. The molecule has 306 valence electrons. The Bertz CT molecular complexity index is 1810. The number of hydrogen-bond acceptors (Lipinski definition) is 10. The highest BCUT2D eigenvalue weighted by molar-refractivity contribution is 5.99. The Morgan fingerprint density at radius 1 is 0.929 bits per heavy atom. The first-order valence-electron chi connectivity index (χ1n) is 18.7. The van der Waals surface area contributed by atoms with E-state index in [9.17, 15) is 38.7 Å². The van der Waals surface area contributed by atoms with Gasteiger partial charge in [-0.15, -0.1) is 0 Å². The van der Waals surface area contributed by atoms with Crippen LogP contribution in [-0.2, 0) is 44.7 Å². The Hall–Kier alpha value is -5.72. The number of aromatic nitrogens is 1. The van der Waals surface area contributed by atoms with Gasteiger partial charge in [0.15, 0.2) is 5.96 Å². The molecule has 0 spiro atoms. The predicted octanol–water partition coefficient (Wildman–Crippen LogP) is -1.27. The Morgan fingerprint density at radius 2 is 1.59 bits per heavy atom. The molecule has 2 fully saturated rings. The fourth-order valence-electron chi connectivity index (χ4n) is 6.86. The average molecular weight is 783 g/mol. The number of aliphatic imine (C=N–C) groups is 1. The highest BCUT2D eigenvalue weighted by atomic mass is 16.5. The van der Waals surface area contributed by atoms with Crippen molar-refractivity contribution in [3.8, 4) is 0 Å². The van der Waals surface area contributed by atoms with E-state index in [1.54, 1.807) is 20.0 Å². The second kappa shape index (κ2) is 19.2. The van der Waals surface area contributed by atoms with Crippen molar-refractivity contribution >= 4 is 58.3 Å². The number of H-pyrrole nitrogens is 1. The van der Waals surface area contributed by atoms with Crippen molar-refractivity contribution < 1.29 is 43.4 Å². The minimum Gasteiger partial charge on any atom is -0.481 e. The van der Waals surface area contributed by atoms with Crippen molar-refractivity contribution in [2.24, 2.45) is 34.0 Å². The number of rotatable bonds is 13. The molecule has 2 saturated heterocycles. The number of ether oxygens (including phenoxy) is 1. The van der Waals surface area contributed by atoms with Crippen LogP contribution in [0.1, 0.15) is 65.4 Å². The molecule has 7 atom stereocenters. The molecule has 2 aliphatic rings. The monoisotopic (exact) mass is 782 g/mol. The molecule has 12 N–H and O–H groups in total. The van der Waals surface area contributed by atoms with Crippen LogP contribution in [0, 0.1) is 11.8 Å². The van der Waals surface area contributed by atoms with Crippen molar-refractivity contribution in [1.29, 1.82) is 0 Å². The zero-order chi connectivity index (χ0) is 41.3. The van der Waals surface area contributed by atoms with Gasteiger partial charge in [0.1, 0.15) is 42.4 Å². The predicted molar refractivity (Wildman–Crippen MR) is 204 cm³/mol. The Morgan fingerprint density at radius 3 is 2.25 bits per heavy atom. The van der Waals surface area contributed by atoms with Gasteiger partial charge >= 0.3 is 11.9 Å². The summed E-state index contributed by atoms with van der Waals surface area (Å²) in [6.45, 7) is 6.97. The molecule has 4 rings (SSSR count). The number of benzene rings is 1. The number of aliphatic carboxylic acids is 1. The summed E-state index contributed by atoms with van der Waals surface area (Å²) in [6, 6.07) is -0.466. The molecule has 1 aromatic heterocycles. The summed E-state index contributed by atoms with van der Waals surface area (Å²) in [6.07, 6.45) is 0.179. The van der Waals surface area contributed by atoms with E-state index in [4.69, 9.17) is 21.9 Å². The van der Waals surface area contributed by atoms with Gasteiger partial charge < -0.3 is 58.2 Å². The molecule has 2 aliphatic heterocycles. The fraction of sp³-hybridized carbons (Fsp3) is 0.568. The second-order valence-electron chi connectivity index (χ2n) is 15.1. The van der Waals surface area contributed by atoms with Crippen LogP contribution in [0.25, 0.3) is 10.9 Å². The average Bonchev–Trinajstić information content (AvgIpc) is 3.74. The number of carbonyl (C=O) groups is 7. The lowest BCUT2D eigenvalue weighted by atomic mass is 9.98. The van der Waals surface area contributed by atoms with Crippen LogP contribution in [0.5, 0.6) is 0 Å². The van der Waals surface area contributed by atoms with E-state index < -0.39 is 96.2 Å². The number of para-hydroxylation sites is 1. The number of carbonyl (C=O) groups excluding carboxylic acids is 6. The van der Waals surface area contributed by atoms with E-state index in [1.807, 2.05) is 38.1 Å². The summed E-state index contributed by atoms with van der Waals surface area (Å²) in [5, 5.41) is 21.3. The standard InChI is InChI=1S/C37H54N10O9/c1-18(2)12-25-31(50)43-26(13-20-16-42-24-10-6-5-8-22(20)24)32(51)45-27(15-29(48)49)35(54)47-17-21(56-36(55)23(38)9-7-11-41-37(39)40)14-28(47)33(52)46-30(19(3)4)34(53)44-25/h5-6,8,10,16,18-19,21,23,25-28,30,42H,7,9,11-15,17,38H2,1-4H3,(H,43,50)(H,44,53)(H,45,51)(H,46,52)(H,48,49)(H4,39,40,41). The molecule has 19 heteroatoms. The third-order valence-corrected chi connectivity index (χ3v) is 9.71. The zero-order valence-electron chi connectivity index (χ0n) is 32.1. The highest BCUT2D eigenvalue weighted by Crippen LogP contribution is 2.25. The van der Waals surface area contributed by atoms with Gasteiger partial charge in [-0.3, -0.25) is 38.6 Å². The maximum atomic E-state index is 14.3. The molecule has 56 heavy (non-hydrogen) atoms. The molecule has 1 aromatic carbocycles. The highest BCUT2D eigenvalue weighted by Gasteiger charge is 2.46. The van der Waals surface area contributed by atoms with Crippen LogP contribution in [0.2, 0.25) is 0 Å². The van der Waals surface area contributed by atoms with Crippen LogP contribution in [-0.4, -0.2) is 118 Å². The number of amides is 5. The Kier molecular flexibility index (Phi) is 14.8. The van der Waals surface area contributed by atoms with Crippen molar-refractivity contribution in [2.45, 2.75) is 109 Å². The molecule has 7 unspecified atom stereocenters. The fourth-order valence-corrected chi connectivity index (χ4v) is 6.86. The van der Waals surface area contributed by atoms with Crippen molar-refractivity contribution in [3.05, 3.63) is 36.0 Å². The molecular weight excluding hydrogens is 728 g/mol. The van der Waals surface area contributed by atoms with Crippen molar-refractivity contribution in [3.63, 3.8) is 0 Å². The Labute approximate surface area is 324 Å². The number of carboxylic acids is 1. The van der Waals surface area contributed by atoms with Crippen LogP contribution >= 0.6 is 0 Å². The van der Waals surface area contributed by atoms with Gasteiger partial charge in [0.05, 0.1) is 13.0 Å². The first-order valence-corrected chi connectivity index (χ1v) is 18.7. The smallest absolute Gasteiger partial charge is 0.323 e. The molecular formula is C37H54N10O9. The molecule has 3 heterocycles. The van der Waals surface area contributed by atoms with Gasteiger partial charge in [-0.25, -0.2) is 0 Å². The van der Waals surface area contributed by atoms with Gasteiger partial charge in [0.2, 0.25) is 29.5 Å². The number of nitrogens with zero attached hydrogens (tertiary/aromatic N) is 2. The van der Waals surface area contributed by atoms with Crippen LogP contribution in [0.15, 0.2) is 35.5 Å². The number of nitrogens with two attached hydrogens (primary N) is 3. The summed E-state index contributed by atoms with van der Waals surface area (Å²) in [5.74, 6) is -6.89. The lowest BCUT2D eigenvalue weighted by Gasteiger charge is -2.30. The van der Waals surface area contributed by atoms with Crippen molar-refractivity contribution in [2.75, 3.05) is 13.1 Å². The maximum absolute atomic E-state index is 14.3. The van der Waals surface area contributed by atoms with Gasteiger partial charge in [-0.05, 0) is 42.7 Å². The van der Waals surface area contributed by atoms with Gasteiger partial charge in [0.25, 0.3) is 0 Å². The number of guanidine groups is 1. The number of aromatic amines is 1. The molecule has 0 saturated carbocycles. The number of fused-ring (bicyclic) bond motifs is 2. The topological polar surface area (TPSA) is 307 Å². The van der Waals surface area contributed by atoms with Crippen LogP contribution < -0.4 is 38.5 Å². The summed E-state index contributed by atoms with van der Waals surface area (Å²) < 4.78 is 5.64. The largest absolute Gasteiger partial charge is 0.481 e. The first-order chi connectivity index (χ1) is 26.4. The summed E-state index contributed by atoms with van der Waals surface area (Å²) in [4.78, 5) is 103. The number of carboxylic acid groups (broad SMARTS) is 1. The lowest BCUT2D eigenvalue weighted by molar-refractivity contribution is -0.151. The van der Waals surface area contributed by atoms with E-state index in [0.717, 1.165) is 15.8 Å². The second-order valence-corrected chi connectivity index (χ2v) is 15.1. The Balaban J connectivity index is 1.72. The van der Waals surface area contributed by atoms with Crippen LogP contribution in [0.3, 0.4) is 0 Å². The number of esters is 1. The summed E-state index contributed by atoms with van der Waals surface area (Å²) in [5.41, 5.74) is 18.2.